The molecule has 1 fully saturated rings. The van der Waals surface area contributed by atoms with Crippen LogP contribution in [0.4, 0.5) is 0 Å². The molecule has 1 aliphatic heterocycles. The van der Waals surface area contributed by atoms with E-state index < -0.39 is 0 Å². The van der Waals surface area contributed by atoms with E-state index in [1.807, 2.05) is 24.0 Å². The number of hydrogen-bond acceptors (Lipinski definition) is 3. The average Bonchev–Trinajstić information content (AvgIpc) is 2.90. The molecule has 1 N–H and O–H groups in total. The maximum Gasteiger partial charge on any atom is 0.222 e. The summed E-state index contributed by atoms with van der Waals surface area (Å²) in [5.74, 6) is 2.11. The SMILES string of the molecule is CCNC(=NCCCN1CCCCCC1=O)N(C)Cc1ccc(OCC)cc1.I. The van der Waals surface area contributed by atoms with Gasteiger partial charge >= 0.3 is 0 Å². The minimum Gasteiger partial charge on any atom is -0.494 e. The summed E-state index contributed by atoms with van der Waals surface area (Å²) in [6, 6.07) is 8.20. The molecular formula is C22H37IN4O2. The third-order valence-electron chi connectivity index (χ3n) is 4.87. The lowest BCUT2D eigenvalue weighted by atomic mass is 10.2. The lowest BCUT2D eigenvalue weighted by Gasteiger charge is -2.23. The van der Waals surface area contributed by atoms with Gasteiger partial charge in [-0.1, -0.05) is 18.6 Å². The Morgan fingerprint density at radius 2 is 1.97 bits per heavy atom. The maximum absolute atomic E-state index is 12.1. The van der Waals surface area contributed by atoms with E-state index in [0.717, 1.165) is 63.7 Å². The topological polar surface area (TPSA) is 57.2 Å². The fraction of sp³-hybridized carbons (Fsp3) is 0.636. The highest BCUT2D eigenvalue weighted by molar-refractivity contribution is 14.0. The Balaban J connectivity index is 0.00000420. The van der Waals surface area contributed by atoms with E-state index in [1.54, 1.807) is 0 Å². The zero-order valence-corrected chi connectivity index (χ0v) is 20.5. The minimum atomic E-state index is 0. The number of aliphatic imine (C=N–C) groups is 1. The fourth-order valence-corrected chi connectivity index (χ4v) is 3.40. The summed E-state index contributed by atoms with van der Waals surface area (Å²) in [5, 5.41) is 3.36. The van der Waals surface area contributed by atoms with Crippen LogP contribution in [0.15, 0.2) is 29.3 Å². The van der Waals surface area contributed by atoms with Crippen molar-refractivity contribution >= 4 is 35.8 Å². The van der Waals surface area contributed by atoms with Gasteiger partial charge in [0.05, 0.1) is 6.61 Å². The lowest BCUT2D eigenvalue weighted by molar-refractivity contribution is -0.130. The molecule has 164 valence electrons. The molecule has 0 aliphatic carbocycles. The first-order chi connectivity index (χ1) is 13.6. The summed E-state index contributed by atoms with van der Waals surface area (Å²) in [6.45, 7) is 8.80. The zero-order chi connectivity index (χ0) is 20.2. The van der Waals surface area contributed by atoms with Crippen molar-refractivity contribution in [1.29, 1.82) is 0 Å². The predicted molar refractivity (Wildman–Crippen MR) is 130 cm³/mol. The molecule has 0 radical (unpaired) electrons. The number of carbonyl (C=O) groups is 1. The molecule has 1 aromatic rings. The molecule has 1 heterocycles. The van der Waals surface area contributed by atoms with Crippen LogP contribution in [-0.2, 0) is 11.3 Å². The van der Waals surface area contributed by atoms with Crippen LogP contribution in [0.3, 0.4) is 0 Å². The predicted octanol–water partition coefficient (Wildman–Crippen LogP) is 3.89. The Morgan fingerprint density at radius 1 is 1.21 bits per heavy atom. The van der Waals surface area contributed by atoms with Crippen molar-refractivity contribution in [1.82, 2.24) is 15.1 Å². The highest BCUT2D eigenvalue weighted by Gasteiger charge is 2.15. The first-order valence-electron chi connectivity index (χ1n) is 10.6. The fourth-order valence-electron chi connectivity index (χ4n) is 3.40. The molecule has 0 atom stereocenters. The summed E-state index contributed by atoms with van der Waals surface area (Å²) in [7, 11) is 2.05. The molecule has 7 heteroatoms. The Kier molecular flexibility index (Phi) is 12.7. The number of carbonyl (C=O) groups excluding carboxylic acids is 1. The Morgan fingerprint density at radius 3 is 2.66 bits per heavy atom. The third kappa shape index (κ3) is 9.23. The highest BCUT2D eigenvalue weighted by Crippen LogP contribution is 2.14. The van der Waals surface area contributed by atoms with Crippen molar-refractivity contribution in [2.24, 2.45) is 4.99 Å². The van der Waals surface area contributed by atoms with E-state index in [1.165, 1.54) is 12.0 Å². The first-order valence-corrected chi connectivity index (χ1v) is 10.6. The summed E-state index contributed by atoms with van der Waals surface area (Å²) in [5.41, 5.74) is 1.21. The molecule has 0 aromatic heterocycles. The van der Waals surface area contributed by atoms with Gasteiger partial charge in [0, 0.05) is 46.2 Å². The molecule has 1 aliphatic rings. The highest BCUT2D eigenvalue weighted by atomic mass is 127. The molecule has 1 aromatic carbocycles. The minimum absolute atomic E-state index is 0. The van der Waals surface area contributed by atoms with Gasteiger partial charge in [-0.15, -0.1) is 24.0 Å². The van der Waals surface area contributed by atoms with Gasteiger partial charge < -0.3 is 19.9 Å². The van der Waals surface area contributed by atoms with Gasteiger partial charge in [0.1, 0.15) is 5.75 Å². The first kappa shape index (κ1) is 25.5. The van der Waals surface area contributed by atoms with Crippen LogP contribution in [0.25, 0.3) is 0 Å². The molecule has 29 heavy (non-hydrogen) atoms. The van der Waals surface area contributed by atoms with Gasteiger partial charge in [0.2, 0.25) is 5.91 Å². The van der Waals surface area contributed by atoms with Crippen LogP contribution in [-0.4, -0.2) is 61.5 Å². The van der Waals surface area contributed by atoms with Crippen LogP contribution < -0.4 is 10.1 Å². The normalized spacial score (nSPS) is 14.8. The van der Waals surface area contributed by atoms with Crippen molar-refractivity contribution in [2.75, 3.05) is 39.8 Å². The van der Waals surface area contributed by atoms with Crippen LogP contribution in [0.2, 0.25) is 0 Å². The van der Waals surface area contributed by atoms with Crippen molar-refractivity contribution in [2.45, 2.75) is 52.5 Å². The van der Waals surface area contributed by atoms with Crippen LogP contribution in [0.5, 0.6) is 5.75 Å². The van der Waals surface area contributed by atoms with Gasteiger partial charge in [0.15, 0.2) is 5.96 Å². The van der Waals surface area contributed by atoms with Crippen molar-refractivity contribution < 1.29 is 9.53 Å². The monoisotopic (exact) mass is 516 g/mol. The largest absolute Gasteiger partial charge is 0.494 e. The molecule has 0 saturated carbocycles. The Labute approximate surface area is 193 Å². The Bertz CT molecular complexity index is 622. The van der Waals surface area contributed by atoms with Crippen molar-refractivity contribution in [3.05, 3.63) is 29.8 Å². The van der Waals surface area contributed by atoms with Gasteiger partial charge in [-0.2, -0.15) is 0 Å². The second-order valence-corrected chi connectivity index (χ2v) is 7.21. The van der Waals surface area contributed by atoms with E-state index in [-0.39, 0.29) is 24.0 Å². The number of likely N-dealkylation sites (tertiary alicyclic amines) is 1. The second-order valence-electron chi connectivity index (χ2n) is 7.21. The number of guanidine groups is 1. The number of ether oxygens (including phenoxy) is 1. The molecule has 0 bridgehead atoms. The Hall–Kier alpha value is -1.51. The number of nitrogens with zero attached hydrogens (tertiary/aromatic N) is 3. The number of nitrogens with one attached hydrogen (secondary N) is 1. The molecular weight excluding hydrogens is 479 g/mol. The van der Waals surface area contributed by atoms with Crippen molar-refractivity contribution in [3.63, 3.8) is 0 Å². The summed E-state index contributed by atoms with van der Waals surface area (Å²) < 4.78 is 5.51. The molecule has 0 spiro atoms. The van der Waals surface area contributed by atoms with Crippen LogP contribution in [0, 0.1) is 0 Å². The molecule has 2 rings (SSSR count). The van der Waals surface area contributed by atoms with E-state index >= 15 is 0 Å². The third-order valence-corrected chi connectivity index (χ3v) is 4.87. The van der Waals surface area contributed by atoms with Crippen LogP contribution in [0.1, 0.15) is 51.5 Å². The van der Waals surface area contributed by atoms with Crippen LogP contribution >= 0.6 is 24.0 Å². The van der Waals surface area contributed by atoms with Crippen molar-refractivity contribution in [3.8, 4) is 5.75 Å². The lowest BCUT2D eigenvalue weighted by Crippen LogP contribution is -2.38. The molecule has 1 amide bonds. The van der Waals surface area contributed by atoms with E-state index in [0.29, 0.717) is 18.9 Å². The summed E-state index contributed by atoms with van der Waals surface area (Å²) >= 11 is 0. The van der Waals surface area contributed by atoms with Gasteiger partial charge in [-0.05, 0) is 50.8 Å². The number of rotatable bonds is 9. The number of hydrogen-bond donors (Lipinski definition) is 1. The van der Waals surface area contributed by atoms with Gasteiger partial charge in [-0.3, -0.25) is 9.79 Å². The van der Waals surface area contributed by atoms with Gasteiger partial charge in [0.25, 0.3) is 0 Å². The summed E-state index contributed by atoms with van der Waals surface area (Å²) in [6.07, 6.45) is 4.94. The summed E-state index contributed by atoms with van der Waals surface area (Å²) in [4.78, 5) is 21.0. The second kappa shape index (κ2) is 14.5. The number of halogens is 1. The standard InChI is InChI=1S/C22H36N4O2.HI/c1-4-23-22(24-15-9-17-26-16-8-6-7-10-21(26)27)25(3)18-19-11-13-20(14-12-19)28-5-2;/h11-14H,4-10,15-18H2,1-3H3,(H,23,24);1H. The number of amides is 1. The maximum atomic E-state index is 12.1. The zero-order valence-electron chi connectivity index (χ0n) is 18.2. The van der Waals surface area contributed by atoms with E-state index in [2.05, 4.69) is 36.3 Å². The molecule has 6 nitrogen and oxygen atoms in total. The average molecular weight is 516 g/mol. The van der Waals surface area contributed by atoms with E-state index in [4.69, 9.17) is 9.73 Å². The smallest absolute Gasteiger partial charge is 0.222 e. The van der Waals surface area contributed by atoms with Gasteiger partial charge in [-0.25, -0.2) is 0 Å². The quantitative estimate of drug-likeness (QED) is 0.234. The van der Waals surface area contributed by atoms with E-state index in [9.17, 15) is 4.79 Å². The molecule has 0 unspecified atom stereocenters. The molecule has 1 saturated heterocycles. The number of benzene rings is 1.